The van der Waals surface area contributed by atoms with E-state index in [9.17, 15) is 18.0 Å². The highest BCUT2D eigenvalue weighted by Gasteiger charge is 2.47. The first kappa shape index (κ1) is 16.8. The van der Waals surface area contributed by atoms with Gasteiger partial charge in [0.2, 0.25) is 0 Å². The average molecular weight is 316 g/mol. The van der Waals surface area contributed by atoms with E-state index in [-0.39, 0.29) is 24.9 Å². The summed E-state index contributed by atoms with van der Waals surface area (Å²) in [7, 11) is 1.54. The number of likely N-dealkylation sites (tertiary alicyclic amines) is 1. The van der Waals surface area contributed by atoms with Gasteiger partial charge in [0.05, 0.1) is 6.61 Å². The van der Waals surface area contributed by atoms with Gasteiger partial charge in [-0.05, 0) is 30.5 Å². The number of halogens is 3. The standard InChI is InChI=1S/C15H19F3N2O2/c1-22-9-10-2-4-11(5-3-10)14(21)20-8-12(19)6-7-13(20)15(16,17)18/h2-5,12-13H,6-9,19H2,1H3/t12-,13-/m0/s1. The molecule has 2 atom stereocenters. The van der Waals surface area contributed by atoms with Gasteiger partial charge in [0.15, 0.2) is 0 Å². The maximum Gasteiger partial charge on any atom is 0.408 e. The van der Waals surface area contributed by atoms with Crippen LogP contribution in [0.25, 0.3) is 0 Å². The molecular formula is C15H19F3N2O2. The number of amides is 1. The Kier molecular flexibility index (Phi) is 5.08. The smallest absolute Gasteiger partial charge is 0.380 e. The summed E-state index contributed by atoms with van der Waals surface area (Å²) in [6, 6.07) is 4.19. The van der Waals surface area contributed by atoms with Gasteiger partial charge in [0.1, 0.15) is 6.04 Å². The van der Waals surface area contributed by atoms with Gasteiger partial charge >= 0.3 is 6.18 Å². The second-order valence-corrected chi connectivity index (χ2v) is 5.48. The Bertz CT molecular complexity index is 517. The quantitative estimate of drug-likeness (QED) is 0.931. The highest BCUT2D eigenvalue weighted by molar-refractivity contribution is 5.94. The monoisotopic (exact) mass is 316 g/mol. The minimum Gasteiger partial charge on any atom is -0.380 e. The van der Waals surface area contributed by atoms with Crippen LogP contribution in [0.15, 0.2) is 24.3 Å². The Morgan fingerprint density at radius 2 is 1.95 bits per heavy atom. The molecule has 1 aliphatic rings. The van der Waals surface area contributed by atoms with E-state index in [2.05, 4.69) is 0 Å². The van der Waals surface area contributed by atoms with Crippen molar-refractivity contribution >= 4 is 5.91 Å². The summed E-state index contributed by atoms with van der Waals surface area (Å²) in [5, 5.41) is 0. The predicted molar refractivity (Wildman–Crippen MR) is 75.2 cm³/mol. The number of alkyl halides is 3. The zero-order valence-corrected chi connectivity index (χ0v) is 12.3. The second-order valence-electron chi connectivity index (χ2n) is 5.48. The summed E-state index contributed by atoms with van der Waals surface area (Å²) in [5.41, 5.74) is 6.81. The molecule has 0 aliphatic carbocycles. The number of nitrogens with zero attached hydrogens (tertiary/aromatic N) is 1. The van der Waals surface area contributed by atoms with Crippen molar-refractivity contribution < 1.29 is 22.7 Å². The van der Waals surface area contributed by atoms with E-state index in [0.29, 0.717) is 6.61 Å². The van der Waals surface area contributed by atoms with Crippen LogP contribution in [-0.2, 0) is 11.3 Å². The van der Waals surface area contributed by atoms with Gasteiger partial charge in [-0.1, -0.05) is 12.1 Å². The first-order valence-corrected chi connectivity index (χ1v) is 7.04. The van der Waals surface area contributed by atoms with Crippen molar-refractivity contribution in [2.24, 2.45) is 5.73 Å². The normalized spacial score (nSPS) is 22.7. The number of nitrogens with two attached hydrogens (primary N) is 1. The number of hydrogen-bond donors (Lipinski definition) is 1. The summed E-state index contributed by atoms with van der Waals surface area (Å²) in [5.74, 6) is -0.638. The van der Waals surface area contributed by atoms with E-state index in [1.54, 1.807) is 19.2 Å². The molecule has 7 heteroatoms. The van der Waals surface area contributed by atoms with Crippen LogP contribution in [0.2, 0.25) is 0 Å². The van der Waals surface area contributed by atoms with Crippen molar-refractivity contribution in [2.75, 3.05) is 13.7 Å². The molecule has 1 heterocycles. The van der Waals surface area contributed by atoms with Gasteiger partial charge in [0, 0.05) is 25.3 Å². The Morgan fingerprint density at radius 3 is 2.50 bits per heavy atom. The zero-order chi connectivity index (χ0) is 16.3. The van der Waals surface area contributed by atoms with Crippen LogP contribution in [0.3, 0.4) is 0 Å². The molecule has 1 fully saturated rings. The van der Waals surface area contributed by atoms with Gasteiger partial charge in [0.25, 0.3) is 5.91 Å². The molecule has 0 saturated carbocycles. The van der Waals surface area contributed by atoms with Crippen LogP contribution < -0.4 is 5.73 Å². The van der Waals surface area contributed by atoms with E-state index in [1.165, 1.54) is 12.1 Å². The summed E-state index contributed by atoms with van der Waals surface area (Å²) in [4.78, 5) is 13.3. The van der Waals surface area contributed by atoms with E-state index in [0.717, 1.165) is 10.5 Å². The largest absolute Gasteiger partial charge is 0.408 e. The molecule has 122 valence electrons. The van der Waals surface area contributed by atoms with Crippen LogP contribution in [0.5, 0.6) is 0 Å². The van der Waals surface area contributed by atoms with Crippen molar-refractivity contribution in [3.05, 3.63) is 35.4 Å². The lowest BCUT2D eigenvalue weighted by atomic mass is 9.97. The number of methoxy groups -OCH3 is 1. The Morgan fingerprint density at radius 1 is 1.32 bits per heavy atom. The Hall–Kier alpha value is -1.60. The highest BCUT2D eigenvalue weighted by Crippen LogP contribution is 2.32. The molecule has 1 aromatic rings. The molecule has 0 bridgehead atoms. The van der Waals surface area contributed by atoms with Crippen molar-refractivity contribution in [3.8, 4) is 0 Å². The molecule has 22 heavy (non-hydrogen) atoms. The van der Waals surface area contributed by atoms with Crippen molar-refractivity contribution in [1.29, 1.82) is 0 Å². The third-order valence-corrected chi connectivity index (χ3v) is 3.77. The number of carbonyl (C=O) groups is 1. The summed E-state index contributed by atoms with van der Waals surface area (Å²) >= 11 is 0. The van der Waals surface area contributed by atoms with Crippen LogP contribution in [0.4, 0.5) is 13.2 Å². The molecule has 1 aromatic carbocycles. The van der Waals surface area contributed by atoms with Crippen LogP contribution in [0.1, 0.15) is 28.8 Å². The minimum absolute atomic E-state index is 0.0805. The van der Waals surface area contributed by atoms with Crippen molar-refractivity contribution in [1.82, 2.24) is 4.90 Å². The number of piperidine rings is 1. The average Bonchev–Trinajstić information content (AvgIpc) is 2.46. The van der Waals surface area contributed by atoms with Crippen LogP contribution in [0, 0.1) is 0 Å². The number of hydrogen-bond acceptors (Lipinski definition) is 3. The number of benzene rings is 1. The molecule has 1 saturated heterocycles. The van der Waals surface area contributed by atoms with E-state index >= 15 is 0 Å². The molecule has 0 aromatic heterocycles. The molecular weight excluding hydrogens is 297 g/mol. The molecule has 0 spiro atoms. The maximum atomic E-state index is 13.1. The van der Waals surface area contributed by atoms with E-state index in [4.69, 9.17) is 10.5 Å². The fraction of sp³-hybridized carbons (Fsp3) is 0.533. The lowest BCUT2D eigenvalue weighted by molar-refractivity contribution is -0.184. The summed E-state index contributed by atoms with van der Waals surface area (Å²) < 4.78 is 44.3. The van der Waals surface area contributed by atoms with Crippen LogP contribution in [-0.4, -0.2) is 42.7 Å². The van der Waals surface area contributed by atoms with Gasteiger partial charge in [-0.15, -0.1) is 0 Å². The fourth-order valence-corrected chi connectivity index (χ4v) is 2.64. The molecule has 4 nitrogen and oxygen atoms in total. The molecule has 1 amide bonds. The van der Waals surface area contributed by atoms with Crippen LogP contribution >= 0.6 is 0 Å². The van der Waals surface area contributed by atoms with E-state index < -0.39 is 24.2 Å². The predicted octanol–water partition coefficient (Wildman–Crippen LogP) is 2.33. The Balaban J connectivity index is 2.20. The Labute approximate surface area is 127 Å². The maximum absolute atomic E-state index is 13.1. The first-order valence-electron chi connectivity index (χ1n) is 7.04. The fourth-order valence-electron chi connectivity index (χ4n) is 2.64. The summed E-state index contributed by atoms with van der Waals surface area (Å²) in [6.45, 7) is 0.303. The minimum atomic E-state index is -4.44. The van der Waals surface area contributed by atoms with Crippen molar-refractivity contribution in [2.45, 2.75) is 37.7 Å². The zero-order valence-electron chi connectivity index (χ0n) is 12.3. The second kappa shape index (κ2) is 6.66. The van der Waals surface area contributed by atoms with Gasteiger partial charge in [-0.25, -0.2) is 0 Å². The molecule has 2 N–H and O–H groups in total. The topological polar surface area (TPSA) is 55.6 Å². The van der Waals surface area contributed by atoms with E-state index in [1.807, 2.05) is 0 Å². The third-order valence-electron chi connectivity index (χ3n) is 3.77. The van der Waals surface area contributed by atoms with Gasteiger partial charge in [-0.2, -0.15) is 13.2 Å². The van der Waals surface area contributed by atoms with Crippen molar-refractivity contribution in [3.63, 3.8) is 0 Å². The van der Waals surface area contributed by atoms with Gasteiger partial charge in [-0.3, -0.25) is 4.79 Å². The van der Waals surface area contributed by atoms with Gasteiger partial charge < -0.3 is 15.4 Å². The molecule has 0 radical (unpaired) electrons. The third kappa shape index (κ3) is 3.78. The lowest BCUT2D eigenvalue weighted by Crippen LogP contribution is -2.56. The lowest BCUT2D eigenvalue weighted by Gasteiger charge is -2.39. The molecule has 1 aliphatic heterocycles. The SMILES string of the molecule is COCc1ccc(C(=O)N2C[C@@H](N)CC[C@H]2C(F)(F)F)cc1. The number of carbonyl (C=O) groups excluding carboxylic acids is 1. The summed E-state index contributed by atoms with van der Waals surface area (Å²) in [6.07, 6.45) is -4.33. The highest BCUT2D eigenvalue weighted by atomic mass is 19.4. The number of rotatable bonds is 3. The molecule has 0 unspecified atom stereocenters. The first-order chi connectivity index (χ1) is 10.3. The number of ether oxygens (including phenoxy) is 1. The molecule has 2 rings (SSSR count).